The summed E-state index contributed by atoms with van der Waals surface area (Å²) >= 11 is 0. The van der Waals surface area contributed by atoms with Crippen LogP contribution in [0.2, 0.25) is 0 Å². The molecule has 0 aliphatic heterocycles. The van der Waals surface area contributed by atoms with Gasteiger partial charge in [0, 0.05) is 7.11 Å². The zero-order chi connectivity index (χ0) is 9.14. The van der Waals surface area contributed by atoms with Crippen LogP contribution in [-0.4, -0.2) is 13.0 Å². The maximum absolute atomic E-state index is 10.8. The van der Waals surface area contributed by atoms with E-state index in [1.807, 2.05) is 0 Å². The predicted molar refractivity (Wildman–Crippen MR) is 42.7 cm³/mol. The number of carbonyl (C=O) groups excluding carboxylic acids is 1. The highest BCUT2D eigenvalue weighted by Gasteiger charge is 2.11. The van der Waals surface area contributed by atoms with Gasteiger partial charge in [0.2, 0.25) is 0 Å². The minimum Gasteiger partial charge on any atom is -0.463 e. The number of nitrogens with two attached hydrogens (primary N) is 1. The maximum Gasteiger partial charge on any atom is 0.252 e. The van der Waals surface area contributed by atoms with Crippen LogP contribution in [0.25, 0.3) is 0 Å². The van der Waals surface area contributed by atoms with E-state index in [-0.39, 0.29) is 0 Å². The molecule has 4 heteroatoms. The summed E-state index contributed by atoms with van der Waals surface area (Å²) in [6.45, 7) is 2.05. The summed E-state index contributed by atoms with van der Waals surface area (Å²) in [7, 11) is 1.56. The number of aryl methyl sites for hydroxylation is 1. The van der Waals surface area contributed by atoms with Crippen molar-refractivity contribution in [1.82, 2.24) is 0 Å². The molecule has 0 aromatic carbocycles. The standard InChI is InChI=1S/C8H11NO3/c1-5-7(8(9)10)3-6(12-5)4-11-2/h3H,4H2,1-2H3,(H2,9,10). The second kappa shape index (κ2) is 3.40. The van der Waals surface area contributed by atoms with E-state index in [0.29, 0.717) is 23.7 Å². The largest absolute Gasteiger partial charge is 0.463 e. The molecule has 1 amide bonds. The average Bonchev–Trinajstić information content (AvgIpc) is 2.32. The average molecular weight is 169 g/mol. The Morgan fingerprint density at radius 1 is 1.75 bits per heavy atom. The smallest absolute Gasteiger partial charge is 0.252 e. The van der Waals surface area contributed by atoms with Crippen molar-refractivity contribution in [2.24, 2.45) is 5.73 Å². The van der Waals surface area contributed by atoms with Crippen molar-refractivity contribution < 1.29 is 13.9 Å². The number of hydrogen-bond donors (Lipinski definition) is 1. The molecule has 1 rings (SSSR count). The molecule has 12 heavy (non-hydrogen) atoms. The summed E-state index contributed by atoms with van der Waals surface area (Å²) in [5, 5.41) is 0. The third-order valence-electron chi connectivity index (χ3n) is 1.52. The zero-order valence-corrected chi connectivity index (χ0v) is 7.09. The summed E-state index contributed by atoms with van der Waals surface area (Å²) in [6, 6.07) is 1.60. The van der Waals surface area contributed by atoms with Gasteiger partial charge in [-0.3, -0.25) is 4.79 Å². The minimum absolute atomic E-state index is 0.355. The lowest BCUT2D eigenvalue weighted by molar-refractivity contribution is 0.0999. The Labute approximate surface area is 70.3 Å². The number of amides is 1. The molecule has 0 spiro atoms. The van der Waals surface area contributed by atoms with Crippen molar-refractivity contribution >= 4 is 5.91 Å². The summed E-state index contributed by atoms with van der Waals surface area (Å²) in [6.07, 6.45) is 0. The summed E-state index contributed by atoms with van der Waals surface area (Å²) in [4.78, 5) is 10.8. The lowest BCUT2D eigenvalue weighted by Crippen LogP contribution is -2.10. The Morgan fingerprint density at radius 2 is 2.42 bits per heavy atom. The van der Waals surface area contributed by atoms with E-state index in [9.17, 15) is 4.79 Å². The van der Waals surface area contributed by atoms with Crippen molar-refractivity contribution in [3.05, 3.63) is 23.2 Å². The molecular weight excluding hydrogens is 158 g/mol. The Hall–Kier alpha value is -1.29. The first kappa shape index (κ1) is 8.80. The van der Waals surface area contributed by atoms with Gasteiger partial charge in [-0.15, -0.1) is 0 Å². The first-order valence-corrected chi connectivity index (χ1v) is 3.53. The first-order chi connectivity index (χ1) is 5.65. The van der Waals surface area contributed by atoms with Crippen molar-refractivity contribution in [2.45, 2.75) is 13.5 Å². The summed E-state index contributed by atoms with van der Waals surface area (Å²) < 4.78 is 10.0. The van der Waals surface area contributed by atoms with E-state index < -0.39 is 5.91 Å². The number of hydrogen-bond acceptors (Lipinski definition) is 3. The molecule has 1 heterocycles. The zero-order valence-electron chi connectivity index (χ0n) is 7.09. The van der Waals surface area contributed by atoms with Crippen molar-refractivity contribution in [3.63, 3.8) is 0 Å². The van der Waals surface area contributed by atoms with Crippen LogP contribution >= 0.6 is 0 Å². The highest BCUT2D eigenvalue weighted by Crippen LogP contribution is 2.14. The molecule has 1 aromatic heterocycles. The maximum atomic E-state index is 10.8. The Kier molecular flexibility index (Phi) is 2.50. The number of rotatable bonds is 3. The molecule has 66 valence electrons. The fourth-order valence-corrected chi connectivity index (χ4v) is 1.00. The van der Waals surface area contributed by atoms with Gasteiger partial charge in [0.05, 0.1) is 5.56 Å². The molecule has 1 aromatic rings. The second-order valence-electron chi connectivity index (χ2n) is 2.48. The monoisotopic (exact) mass is 169 g/mol. The van der Waals surface area contributed by atoms with Crippen LogP contribution in [0.3, 0.4) is 0 Å². The van der Waals surface area contributed by atoms with E-state index in [0.717, 1.165) is 0 Å². The van der Waals surface area contributed by atoms with Gasteiger partial charge in [0.1, 0.15) is 18.1 Å². The number of carbonyl (C=O) groups is 1. The lowest BCUT2D eigenvalue weighted by Gasteiger charge is -1.90. The molecule has 0 radical (unpaired) electrons. The Morgan fingerprint density at radius 3 is 2.83 bits per heavy atom. The van der Waals surface area contributed by atoms with Crippen LogP contribution in [-0.2, 0) is 11.3 Å². The molecule has 0 bridgehead atoms. The summed E-state index contributed by atoms with van der Waals surface area (Å²) in [5.74, 6) is 0.678. The quantitative estimate of drug-likeness (QED) is 0.728. The van der Waals surface area contributed by atoms with Gasteiger partial charge < -0.3 is 14.9 Å². The van der Waals surface area contributed by atoms with Gasteiger partial charge in [-0.25, -0.2) is 0 Å². The molecule has 0 aliphatic rings. The molecule has 0 saturated carbocycles. The van der Waals surface area contributed by atoms with Gasteiger partial charge in [0.15, 0.2) is 0 Å². The fourth-order valence-electron chi connectivity index (χ4n) is 1.00. The molecule has 0 saturated heterocycles. The number of methoxy groups -OCH3 is 1. The minimum atomic E-state index is -0.474. The molecule has 0 unspecified atom stereocenters. The van der Waals surface area contributed by atoms with Gasteiger partial charge in [-0.05, 0) is 13.0 Å². The van der Waals surface area contributed by atoms with Gasteiger partial charge >= 0.3 is 0 Å². The van der Waals surface area contributed by atoms with Crippen LogP contribution in [0.4, 0.5) is 0 Å². The lowest BCUT2D eigenvalue weighted by atomic mass is 10.2. The number of primary amides is 1. The van der Waals surface area contributed by atoms with Crippen molar-refractivity contribution in [1.29, 1.82) is 0 Å². The highest BCUT2D eigenvalue weighted by atomic mass is 16.5. The third kappa shape index (κ3) is 1.65. The van der Waals surface area contributed by atoms with Gasteiger partial charge in [-0.2, -0.15) is 0 Å². The van der Waals surface area contributed by atoms with E-state index in [1.165, 1.54) is 0 Å². The SMILES string of the molecule is COCc1cc(C(N)=O)c(C)o1. The van der Waals surface area contributed by atoms with E-state index >= 15 is 0 Å². The predicted octanol–water partition coefficient (Wildman–Crippen LogP) is 0.833. The topological polar surface area (TPSA) is 65.5 Å². The van der Waals surface area contributed by atoms with Crippen LogP contribution in [0.5, 0.6) is 0 Å². The highest BCUT2D eigenvalue weighted by molar-refractivity contribution is 5.93. The van der Waals surface area contributed by atoms with E-state index in [4.69, 9.17) is 14.9 Å². The van der Waals surface area contributed by atoms with Gasteiger partial charge in [0.25, 0.3) is 5.91 Å². The first-order valence-electron chi connectivity index (χ1n) is 3.53. The van der Waals surface area contributed by atoms with E-state index in [2.05, 4.69) is 0 Å². The van der Waals surface area contributed by atoms with Gasteiger partial charge in [-0.1, -0.05) is 0 Å². The molecular formula is C8H11NO3. The van der Waals surface area contributed by atoms with Crippen molar-refractivity contribution in [2.75, 3.05) is 7.11 Å². The fraction of sp³-hybridized carbons (Fsp3) is 0.375. The molecule has 2 N–H and O–H groups in total. The van der Waals surface area contributed by atoms with Crippen LogP contribution in [0.15, 0.2) is 10.5 Å². The Bertz CT molecular complexity index is 290. The van der Waals surface area contributed by atoms with Crippen LogP contribution < -0.4 is 5.73 Å². The Balaban J connectivity index is 2.92. The second-order valence-corrected chi connectivity index (χ2v) is 2.48. The summed E-state index contributed by atoms with van der Waals surface area (Å²) in [5.41, 5.74) is 5.50. The molecule has 0 atom stereocenters. The molecule has 0 aliphatic carbocycles. The number of furan rings is 1. The normalized spacial score (nSPS) is 10.2. The molecule has 0 fully saturated rings. The van der Waals surface area contributed by atoms with Crippen molar-refractivity contribution in [3.8, 4) is 0 Å². The van der Waals surface area contributed by atoms with E-state index in [1.54, 1.807) is 20.1 Å². The third-order valence-corrected chi connectivity index (χ3v) is 1.52. The number of ether oxygens (including phenoxy) is 1. The van der Waals surface area contributed by atoms with Crippen LogP contribution in [0.1, 0.15) is 21.9 Å². The molecule has 4 nitrogen and oxygen atoms in total. The van der Waals surface area contributed by atoms with Crippen LogP contribution in [0, 0.1) is 6.92 Å².